The van der Waals surface area contributed by atoms with Gasteiger partial charge in [0.15, 0.2) is 22.5 Å². The summed E-state index contributed by atoms with van der Waals surface area (Å²) in [6.07, 6.45) is 4.40. The number of thioether (sulfide) groups is 1. The van der Waals surface area contributed by atoms with E-state index in [9.17, 15) is 10.1 Å². The van der Waals surface area contributed by atoms with Gasteiger partial charge < -0.3 is 14.8 Å². The largest absolute Gasteiger partial charge is 0.454 e. The molecule has 2 aliphatic rings. The van der Waals surface area contributed by atoms with Crippen molar-refractivity contribution in [3.8, 4) is 34.6 Å². The van der Waals surface area contributed by atoms with E-state index in [1.807, 2.05) is 60.0 Å². The van der Waals surface area contributed by atoms with Crippen molar-refractivity contribution in [2.75, 3.05) is 6.79 Å². The first-order chi connectivity index (χ1) is 16.6. The summed E-state index contributed by atoms with van der Waals surface area (Å²) in [6.45, 7) is 2.03. The maximum atomic E-state index is 13.1. The second-order valence-electron chi connectivity index (χ2n) is 8.55. The fraction of sp³-hybridized carbons (Fsp3) is 0.360. The molecule has 1 unspecified atom stereocenters. The number of ether oxygens (including phenoxy) is 2. The average molecular weight is 476 g/mol. The molecule has 1 N–H and O–H groups in total. The summed E-state index contributed by atoms with van der Waals surface area (Å²) >= 11 is 1.32. The van der Waals surface area contributed by atoms with Crippen LogP contribution in [-0.2, 0) is 4.79 Å². The monoisotopic (exact) mass is 475 g/mol. The van der Waals surface area contributed by atoms with Gasteiger partial charge >= 0.3 is 0 Å². The molecule has 174 valence electrons. The number of nitrogens with one attached hydrogen (secondary N) is 1. The number of benzene rings is 2. The van der Waals surface area contributed by atoms with Crippen molar-refractivity contribution in [1.82, 2.24) is 20.1 Å². The summed E-state index contributed by atoms with van der Waals surface area (Å²) in [5.41, 5.74) is 0.945. The highest BCUT2D eigenvalue weighted by Crippen LogP contribution is 2.37. The fourth-order valence-corrected chi connectivity index (χ4v) is 5.22. The summed E-state index contributed by atoms with van der Waals surface area (Å²) in [5, 5.41) is 21.8. The van der Waals surface area contributed by atoms with Gasteiger partial charge in [-0.3, -0.25) is 9.36 Å². The zero-order valence-electron chi connectivity index (χ0n) is 18.9. The quantitative estimate of drug-likeness (QED) is 0.524. The molecule has 1 atom stereocenters. The Morgan fingerprint density at radius 3 is 2.65 bits per heavy atom. The number of hydrogen-bond donors (Lipinski definition) is 1. The second kappa shape index (κ2) is 9.39. The number of carbonyl (C=O) groups excluding carboxylic acids is 1. The molecular weight excluding hydrogens is 450 g/mol. The van der Waals surface area contributed by atoms with Crippen molar-refractivity contribution in [3.05, 3.63) is 48.5 Å². The van der Waals surface area contributed by atoms with Gasteiger partial charge in [0.05, 0.1) is 11.3 Å². The van der Waals surface area contributed by atoms with Gasteiger partial charge in [-0.2, -0.15) is 5.26 Å². The molecule has 2 heterocycles. The molecule has 1 saturated carbocycles. The lowest BCUT2D eigenvalue weighted by molar-refractivity contribution is -0.121. The molecule has 5 rings (SSSR count). The average Bonchev–Trinajstić information content (AvgIpc) is 3.51. The molecule has 1 aliphatic carbocycles. The zero-order valence-corrected chi connectivity index (χ0v) is 19.7. The number of nitrogens with zero attached hydrogens (tertiary/aromatic N) is 4. The van der Waals surface area contributed by atoms with Crippen molar-refractivity contribution >= 4 is 17.7 Å². The Morgan fingerprint density at radius 1 is 1.12 bits per heavy atom. The first-order valence-corrected chi connectivity index (χ1v) is 12.3. The SMILES string of the molecule is CC(Sc1nnc(-c2ccc3c(c2)OCO3)n1-c1ccccc1)C(=O)NC1(C#N)CCCCC1. The Morgan fingerprint density at radius 2 is 1.88 bits per heavy atom. The molecule has 34 heavy (non-hydrogen) atoms. The lowest BCUT2D eigenvalue weighted by Crippen LogP contribution is -2.50. The highest BCUT2D eigenvalue weighted by molar-refractivity contribution is 8.00. The van der Waals surface area contributed by atoms with E-state index in [1.165, 1.54) is 11.8 Å². The number of para-hydroxylation sites is 1. The van der Waals surface area contributed by atoms with Crippen LogP contribution in [0.5, 0.6) is 11.5 Å². The van der Waals surface area contributed by atoms with Crippen LogP contribution < -0.4 is 14.8 Å². The number of hydrogen-bond acceptors (Lipinski definition) is 7. The summed E-state index contributed by atoms with van der Waals surface area (Å²) in [7, 11) is 0. The van der Waals surface area contributed by atoms with E-state index in [-0.39, 0.29) is 12.7 Å². The van der Waals surface area contributed by atoms with E-state index >= 15 is 0 Å². The minimum absolute atomic E-state index is 0.166. The molecule has 0 saturated heterocycles. The molecule has 2 aromatic carbocycles. The van der Waals surface area contributed by atoms with Crippen LogP contribution >= 0.6 is 11.8 Å². The lowest BCUT2D eigenvalue weighted by Gasteiger charge is -2.32. The Kier molecular flexibility index (Phi) is 6.16. The molecule has 3 aromatic rings. The third-order valence-corrected chi connectivity index (χ3v) is 7.26. The van der Waals surface area contributed by atoms with Gasteiger partial charge in [-0.05, 0) is 50.1 Å². The number of fused-ring (bicyclic) bond motifs is 1. The van der Waals surface area contributed by atoms with E-state index in [2.05, 4.69) is 21.6 Å². The maximum absolute atomic E-state index is 13.1. The highest BCUT2D eigenvalue weighted by Gasteiger charge is 2.35. The predicted octanol–water partition coefficient (Wildman–Crippen LogP) is 4.49. The van der Waals surface area contributed by atoms with Crippen molar-refractivity contribution in [2.24, 2.45) is 0 Å². The Bertz CT molecular complexity index is 1230. The topological polar surface area (TPSA) is 102 Å². The maximum Gasteiger partial charge on any atom is 0.234 e. The zero-order chi connectivity index (χ0) is 23.5. The molecule has 9 heteroatoms. The first-order valence-electron chi connectivity index (χ1n) is 11.4. The van der Waals surface area contributed by atoms with E-state index in [0.29, 0.717) is 35.3 Å². The summed E-state index contributed by atoms with van der Waals surface area (Å²) in [5.74, 6) is 1.83. The predicted molar refractivity (Wildman–Crippen MR) is 128 cm³/mol. The van der Waals surface area contributed by atoms with E-state index in [4.69, 9.17) is 9.47 Å². The Hall–Kier alpha value is -3.51. The van der Waals surface area contributed by atoms with Crippen molar-refractivity contribution < 1.29 is 14.3 Å². The number of aromatic nitrogens is 3. The molecule has 1 fully saturated rings. The van der Waals surface area contributed by atoms with Crippen LogP contribution in [0.4, 0.5) is 0 Å². The third kappa shape index (κ3) is 4.33. The van der Waals surface area contributed by atoms with Crippen molar-refractivity contribution in [1.29, 1.82) is 5.26 Å². The van der Waals surface area contributed by atoms with Gasteiger partial charge in [-0.25, -0.2) is 0 Å². The molecule has 8 nitrogen and oxygen atoms in total. The molecular formula is C25H25N5O3S. The van der Waals surface area contributed by atoms with Crippen LogP contribution in [0, 0.1) is 11.3 Å². The minimum atomic E-state index is -0.769. The summed E-state index contributed by atoms with van der Waals surface area (Å²) in [6, 6.07) is 17.8. The molecule has 1 amide bonds. The highest BCUT2D eigenvalue weighted by atomic mass is 32.2. The third-order valence-electron chi connectivity index (χ3n) is 6.21. The van der Waals surface area contributed by atoms with Gasteiger partial charge in [-0.1, -0.05) is 49.2 Å². The van der Waals surface area contributed by atoms with E-state index < -0.39 is 10.8 Å². The number of nitriles is 1. The fourth-order valence-electron chi connectivity index (χ4n) is 4.35. The van der Waals surface area contributed by atoms with E-state index in [0.717, 1.165) is 30.5 Å². The molecule has 0 spiro atoms. The Balaban J connectivity index is 1.44. The number of amides is 1. The van der Waals surface area contributed by atoms with Crippen molar-refractivity contribution in [3.63, 3.8) is 0 Å². The minimum Gasteiger partial charge on any atom is -0.454 e. The van der Waals surface area contributed by atoms with Gasteiger partial charge in [0.1, 0.15) is 5.54 Å². The van der Waals surface area contributed by atoms with Gasteiger partial charge in [0, 0.05) is 11.3 Å². The Labute approximate surface area is 202 Å². The van der Waals surface area contributed by atoms with Crippen LogP contribution in [-0.4, -0.2) is 38.3 Å². The van der Waals surface area contributed by atoms with Crippen LogP contribution in [0.2, 0.25) is 0 Å². The van der Waals surface area contributed by atoms with Crippen LogP contribution in [0.25, 0.3) is 17.1 Å². The lowest BCUT2D eigenvalue weighted by atomic mass is 9.83. The molecule has 0 radical (unpaired) electrons. The van der Waals surface area contributed by atoms with Gasteiger partial charge in [-0.15, -0.1) is 10.2 Å². The van der Waals surface area contributed by atoms with Crippen LogP contribution in [0.15, 0.2) is 53.7 Å². The van der Waals surface area contributed by atoms with Gasteiger partial charge in [0.2, 0.25) is 12.7 Å². The standard InChI is InChI=1S/C25H25N5O3S/c1-17(23(31)27-25(15-26)12-6-3-7-13-25)34-24-29-28-22(30(24)19-8-4-2-5-9-19)18-10-11-20-21(14-18)33-16-32-20/h2,4-5,8-11,14,17H,3,6-7,12-13,16H2,1H3,(H,27,31). The summed E-state index contributed by atoms with van der Waals surface area (Å²) < 4.78 is 12.9. The molecule has 1 aromatic heterocycles. The normalized spacial score (nSPS) is 17.1. The van der Waals surface area contributed by atoms with Crippen molar-refractivity contribution in [2.45, 2.75) is 55.0 Å². The second-order valence-corrected chi connectivity index (χ2v) is 9.86. The number of rotatable bonds is 6. The first kappa shape index (κ1) is 22.3. The number of carbonyl (C=O) groups is 1. The van der Waals surface area contributed by atoms with E-state index in [1.54, 1.807) is 0 Å². The molecule has 1 aliphatic heterocycles. The van der Waals surface area contributed by atoms with Gasteiger partial charge in [0.25, 0.3) is 0 Å². The smallest absolute Gasteiger partial charge is 0.234 e. The summed E-state index contributed by atoms with van der Waals surface area (Å²) in [4.78, 5) is 13.1. The molecule has 0 bridgehead atoms. The van der Waals surface area contributed by atoms with Crippen LogP contribution in [0.1, 0.15) is 39.0 Å². The van der Waals surface area contributed by atoms with Crippen LogP contribution in [0.3, 0.4) is 0 Å².